The number of nitrogens with zero attached hydrogens (tertiary/aromatic N) is 1. The number of rotatable bonds is 5. The van der Waals surface area contributed by atoms with E-state index in [9.17, 15) is 4.79 Å². The van der Waals surface area contributed by atoms with Crippen LogP contribution >= 0.6 is 0 Å². The Kier molecular flexibility index (Phi) is 7.54. The van der Waals surface area contributed by atoms with Gasteiger partial charge >= 0.3 is 0 Å². The van der Waals surface area contributed by atoms with Gasteiger partial charge in [0, 0.05) is 32.1 Å². The van der Waals surface area contributed by atoms with Crippen LogP contribution in [0, 0.1) is 5.92 Å². The van der Waals surface area contributed by atoms with E-state index in [1.807, 2.05) is 0 Å². The molecule has 0 bridgehead atoms. The van der Waals surface area contributed by atoms with Crippen molar-refractivity contribution in [3.05, 3.63) is 0 Å². The molecule has 5 nitrogen and oxygen atoms in total. The van der Waals surface area contributed by atoms with Gasteiger partial charge in [-0.3, -0.25) is 9.79 Å². The monoisotopic (exact) mass is 296 g/mol. The van der Waals surface area contributed by atoms with Crippen LogP contribution in [0.4, 0.5) is 0 Å². The molecule has 0 aliphatic heterocycles. The summed E-state index contributed by atoms with van der Waals surface area (Å²) in [4.78, 5) is 16.0. The summed E-state index contributed by atoms with van der Waals surface area (Å²) in [7, 11) is 1.75. The summed E-state index contributed by atoms with van der Waals surface area (Å²) in [6.07, 6.45) is 7.03. The van der Waals surface area contributed by atoms with E-state index in [1.165, 1.54) is 32.1 Å². The molecule has 1 saturated carbocycles. The lowest BCUT2D eigenvalue weighted by atomic mass is 9.87. The van der Waals surface area contributed by atoms with Crippen molar-refractivity contribution in [2.75, 3.05) is 20.1 Å². The predicted molar refractivity (Wildman–Crippen MR) is 88.5 cm³/mol. The molecule has 1 fully saturated rings. The Balaban J connectivity index is 2.13. The molecule has 1 rings (SSSR count). The lowest BCUT2D eigenvalue weighted by Crippen LogP contribution is -2.49. The van der Waals surface area contributed by atoms with Gasteiger partial charge in [0.2, 0.25) is 5.91 Å². The normalized spacial score (nSPS) is 17.4. The molecule has 0 heterocycles. The van der Waals surface area contributed by atoms with Crippen molar-refractivity contribution in [2.24, 2.45) is 10.9 Å². The van der Waals surface area contributed by atoms with E-state index in [4.69, 9.17) is 0 Å². The van der Waals surface area contributed by atoms with E-state index < -0.39 is 0 Å². The smallest absolute Gasteiger partial charge is 0.220 e. The second-order valence-corrected chi connectivity index (χ2v) is 6.93. The lowest BCUT2D eigenvalue weighted by molar-refractivity contribution is -0.122. The number of hydrogen-bond donors (Lipinski definition) is 3. The van der Waals surface area contributed by atoms with E-state index in [0.717, 1.165) is 5.96 Å². The minimum Gasteiger partial charge on any atom is -0.355 e. The van der Waals surface area contributed by atoms with Crippen molar-refractivity contribution < 1.29 is 4.79 Å². The topological polar surface area (TPSA) is 65.5 Å². The van der Waals surface area contributed by atoms with Gasteiger partial charge in [0.05, 0.1) is 0 Å². The molecule has 0 atom stereocenters. The molecule has 0 radical (unpaired) electrons. The Morgan fingerprint density at radius 3 is 2.29 bits per heavy atom. The van der Waals surface area contributed by atoms with Gasteiger partial charge in [-0.25, -0.2) is 0 Å². The van der Waals surface area contributed by atoms with E-state index in [1.54, 1.807) is 7.05 Å². The maximum absolute atomic E-state index is 11.9. The standard InChI is InChI=1S/C16H32N4O/c1-16(2,3)20-15(17-4)19-11-10-18-14(21)12-13-8-6-5-7-9-13/h13H,5-12H2,1-4H3,(H,18,21)(H2,17,19,20). The average Bonchev–Trinajstić information content (AvgIpc) is 2.42. The molecule has 0 aromatic heterocycles. The summed E-state index contributed by atoms with van der Waals surface area (Å²) >= 11 is 0. The molecule has 5 heteroatoms. The van der Waals surface area contributed by atoms with Crippen LogP contribution in [0.15, 0.2) is 4.99 Å². The maximum atomic E-state index is 11.9. The Morgan fingerprint density at radius 2 is 1.71 bits per heavy atom. The zero-order chi connectivity index (χ0) is 15.7. The van der Waals surface area contributed by atoms with Crippen LogP contribution in [0.1, 0.15) is 59.3 Å². The summed E-state index contributed by atoms with van der Waals surface area (Å²) in [5.74, 6) is 1.55. The van der Waals surface area contributed by atoms with Crippen molar-refractivity contribution in [1.82, 2.24) is 16.0 Å². The van der Waals surface area contributed by atoms with Crippen LogP contribution in [-0.2, 0) is 4.79 Å². The minimum absolute atomic E-state index is 0.0218. The van der Waals surface area contributed by atoms with Crippen LogP contribution in [0.25, 0.3) is 0 Å². The summed E-state index contributed by atoms with van der Waals surface area (Å²) < 4.78 is 0. The quantitative estimate of drug-likeness (QED) is 0.413. The second kappa shape index (κ2) is 8.90. The van der Waals surface area contributed by atoms with E-state index >= 15 is 0 Å². The molecule has 1 aliphatic carbocycles. The van der Waals surface area contributed by atoms with Crippen LogP contribution in [0.5, 0.6) is 0 Å². The first-order chi connectivity index (χ1) is 9.90. The SMILES string of the molecule is CN=C(NCCNC(=O)CC1CCCCC1)NC(C)(C)C. The number of hydrogen-bond acceptors (Lipinski definition) is 2. The number of nitrogens with one attached hydrogen (secondary N) is 3. The van der Waals surface area contributed by atoms with Gasteiger partial charge in [-0.15, -0.1) is 0 Å². The molecule has 21 heavy (non-hydrogen) atoms. The van der Waals surface area contributed by atoms with E-state index in [-0.39, 0.29) is 11.4 Å². The average molecular weight is 296 g/mol. The fourth-order valence-electron chi connectivity index (χ4n) is 2.64. The fourth-order valence-corrected chi connectivity index (χ4v) is 2.64. The van der Waals surface area contributed by atoms with Gasteiger partial charge in [-0.2, -0.15) is 0 Å². The summed E-state index contributed by atoms with van der Waals surface area (Å²) in [5, 5.41) is 9.48. The van der Waals surface area contributed by atoms with Gasteiger partial charge in [-0.05, 0) is 39.5 Å². The van der Waals surface area contributed by atoms with Crippen LogP contribution < -0.4 is 16.0 Å². The van der Waals surface area contributed by atoms with Crippen molar-refractivity contribution in [3.8, 4) is 0 Å². The maximum Gasteiger partial charge on any atom is 0.220 e. The molecule has 0 unspecified atom stereocenters. The van der Waals surface area contributed by atoms with Crippen molar-refractivity contribution in [3.63, 3.8) is 0 Å². The molecule has 0 aromatic rings. The highest BCUT2D eigenvalue weighted by molar-refractivity contribution is 5.80. The Hall–Kier alpha value is -1.26. The predicted octanol–water partition coefficient (Wildman–Crippen LogP) is 2.04. The third kappa shape index (κ3) is 8.58. The molecular weight excluding hydrogens is 264 g/mol. The Labute approximate surface area is 129 Å². The number of amides is 1. The zero-order valence-corrected chi connectivity index (χ0v) is 14.1. The number of aliphatic imine (C=N–C) groups is 1. The molecule has 1 amide bonds. The zero-order valence-electron chi connectivity index (χ0n) is 14.1. The summed E-state index contributed by atoms with van der Waals surface area (Å²) in [6, 6.07) is 0. The van der Waals surface area contributed by atoms with Crippen molar-refractivity contribution in [2.45, 2.75) is 64.8 Å². The third-order valence-electron chi connectivity index (χ3n) is 3.66. The lowest BCUT2D eigenvalue weighted by Gasteiger charge is -2.24. The Bertz CT molecular complexity index is 341. The van der Waals surface area contributed by atoms with Crippen LogP contribution in [0.3, 0.4) is 0 Å². The van der Waals surface area contributed by atoms with Gasteiger partial charge in [0.15, 0.2) is 5.96 Å². The molecule has 0 aromatic carbocycles. The first kappa shape index (κ1) is 17.8. The number of carbonyl (C=O) groups excluding carboxylic acids is 1. The van der Waals surface area contributed by atoms with E-state index in [2.05, 4.69) is 41.7 Å². The van der Waals surface area contributed by atoms with Crippen molar-refractivity contribution >= 4 is 11.9 Å². The van der Waals surface area contributed by atoms with Crippen LogP contribution in [-0.4, -0.2) is 37.5 Å². The summed E-state index contributed by atoms with van der Waals surface area (Å²) in [6.45, 7) is 7.59. The molecule has 122 valence electrons. The second-order valence-electron chi connectivity index (χ2n) is 6.93. The largest absolute Gasteiger partial charge is 0.355 e. The van der Waals surface area contributed by atoms with Gasteiger partial charge in [-0.1, -0.05) is 19.3 Å². The molecule has 0 spiro atoms. The first-order valence-corrected chi connectivity index (χ1v) is 8.16. The highest BCUT2D eigenvalue weighted by Gasteiger charge is 2.16. The number of carbonyl (C=O) groups is 1. The van der Waals surface area contributed by atoms with Gasteiger partial charge in [0.25, 0.3) is 0 Å². The van der Waals surface area contributed by atoms with Crippen molar-refractivity contribution in [1.29, 1.82) is 0 Å². The first-order valence-electron chi connectivity index (χ1n) is 8.16. The fraction of sp³-hybridized carbons (Fsp3) is 0.875. The Morgan fingerprint density at radius 1 is 1.10 bits per heavy atom. The summed E-state index contributed by atoms with van der Waals surface area (Å²) in [5.41, 5.74) is -0.0218. The number of guanidine groups is 1. The molecular formula is C16H32N4O. The van der Waals surface area contributed by atoms with E-state index in [0.29, 0.717) is 25.4 Å². The highest BCUT2D eigenvalue weighted by Crippen LogP contribution is 2.25. The van der Waals surface area contributed by atoms with Gasteiger partial charge in [0.1, 0.15) is 0 Å². The molecule has 3 N–H and O–H groups in total. The third-order valence-corrected chi connectivity index (χ3v) is 3.66. The minimum atomic E-state index is -0.0218. The van der Waals surface area contributed by atoms with Gasteiger partial charge < -0.3 is 16.0 Å². The highest BCUT2D eigenvalue weighted by atomic mass is 16.1. The van der Waals surface area contributed by atoms with Crippen LogP contribution in [0.2, 0.25) is 0 Å². The molecule has 1 aliphatic rings. The molecule has 0 saturated heterocycles.